The van der Waals surface area contributed by atoms with Gasteiger partial charge in [0.05, 0.1) is 6.04 Å². The van der Waals surface area contributed by atoms with Crippen LogP contribution in [0, 0.1) is 0 Å². The van der Waals surface area contributed by atoms with Gasteiger partial charge in [-0.05, 0) is 31.6 Å². The van der Waals surface area contributed by atoms with Crippen LogP contribution in [0.1, 0.15) is 19.8 Å². The molecule has 2 aliphatic rings. The zero-order valence-corrected chi connectivity index (χ0v) is 16.2. The molecule has 7 nitrogen and oxygen atoms in total. The molecule has 148 valence electrons. The van der Waals surface area contributed by atoms with Crippen LogP contribution >= 0.6 is 0 Å². The number of piperazine rings is 1. The molecule has 0 unspecified atom stereocenters. The van der Waals surface area contributed by atoms with Crippen LogP contribution in [0.3, 0.4) is 0 Å². The topological polar surface area (TPSA) is 67.9 Å². The largest absolute Gasteiger partial charge is 0.338 e. The number of rotatable bonds is 7. The number of nitrogens with one attached hydrogen (secondary N) is 2. The van der Waals surface area contributed by atoms with E-state index in [9.17, 15) is 9.59 Å². The fraction of sp³-hybridized carbons (Fsp3) is 0.600. The van der Waals surface area contributed by atoms with E-state index in [1.165, 1.54) is 0 Å². The minimum Gasteiger partial charge on any atom is -0.338 e. The second kappa shape index (κ2) is 9.71. The van der Waals surface area contributed by atoms with Crippen LogP contribution < -0.4 is 15.5 Å². The maximum absolute atomic E-state index is 12.2. The maximum Gasteiger partial charge on any atom is 0.315 e. The highest BCUT2D eigenvalue weighted by molar-refractivity contribution is 5.96. The molecule has 1 aromatic carbocycles. The van der Waals surface area contributed by atoms with Crippen LogP contribution in [0.4, 0.5) is 10.5 Å². The molecule has 2 aliphatic heterocycles. The van der Waals surface area contributed by atoms with Crippen molar-refractivity contribution in [2.45, 2.75) is 25.8 Å². The standard InChI is InChI=1S/C20H31N5O2/c1-2-23-11-13-24(14-12-23)10-6-9-21-20(27)22-17-15-19(26)25(16-17)18-7-4-3-5-8-18/h3-5,7-8,17H,2,6,9-16H2,1H3,(H2,21,22,27)/t17-/m0/s1. The number of amides is 3. The predicted molar refractivity (Wildman–Crippen MR) is 107 cm³/mol. The first-order valence-corrected chi connectivity index (χ1v) is 10.00. The molecule has 0 radical (unpaired) electrons. The summed E-state index contributed by atoms with van der Waals surface area (Å²) in [6.45, 7) is 10.0. The Bertz CT molecular complexity index is 616. The van der Waals surface area contributed by atoms with Gasteiger partial charge in [0.25, 0.3) is 0 Å². The molecule has 0 aromatic heterocycles. The molecule has 27 heavy (non-hydrogen) atoms. The van der Waals surface area contributed by atoms with Gasteiger partial charge in [0.1, 0.15) is 0 Å². The van der Waals surface area contributed by atoms with Crippen LogP contribution in [-0.2, 0) is 4.79 Å². The Hall–Kier alpha value is -2.12. The summed E-state index contributed by atoms with van der Waals surface area (Å²) in [4.78, 5) is 31.0. The molecule has 2 saturated heterocycles. The Morgan fingerprint density at radius 3 is 2.52 bits per heavy atom. The summed E-state index contributed by atoms with van der Waals surface area (Å²) in [7, 11) is 0. The minimum absolute atomic E-state index is 0.0534. The smallest absolute Gasteiger partial charge is 0.315 e. The van der Waals surface area contributed by atoms with E-state index in [1.54, 1.807) is 4.90 Å². The Labute approximate surface area is 161 Å². The van der Waals surface area contributed by atoms with Gasteiger partial charge in [-0.15, -0.1) is 0 Å². The lowest BCUT2D eigenvalue weighted by Gasteiger charge is -2.33. The monoisotopic (exact) mass is 373 g/mol. The van der Waals surface area contributed by atoms with E-state index >= 15 is 0 Å². The number of carbonyl (C=O) groups excluding carboxylic acids is 2. The molecule has 0 saturated carbocycles. The number of hydrogen-bond donors (Lipinski definition) is 2. The second-order valence-corrected chi connectivity index (χ2v) is 7.27. The summed E-state index contributed by atoms with van der Waals surface area (Å²) in [6.07, 6.45) is 1.29. The van der Waals surface area contributed by atoms with E-state index in [0.717, 1.165) is 51.4 Å². The Morgan fingerprint density at radius 2 is 1.81 bits per heavy atom. The SMILES string of the molecule is CCN1CCN(CCCNC(=O)N[C@H]2CC(=O)N(c3ccccc3)C2)CC1. The van der Waals surface area contributed by atoms with Gasteiger partial charge in [-0.3, -0.25) is 4.79 Å². The van der Waals surface area contributed by atoms with Crippen molar-refractivity contribution in [2.75, 3.05) is 57.3 Å². The lowest BCUT2D eigenvalue weighted by molar-refractivity contribution is -0.117. The molecule has 0 aliphatic carbocycles. The molecule has 1 aromatic rings. The average Bonchev–Trinajstić information content (AvgIpc) is 3.06. The first kappa shape index (κ1) is 19.6. The van der Waals surface area contributed by atoms with Crippen molar-refractivity contribution >= 4 is 17.6 Å². The molecule has 2 fully saturated rings. The highest BCUT2D eigenvalue weighted by atomic mass is 16.2. The number of hydrogen-bond acceptors (Lipinski definition) is 4. The van der Waals surface area contributed by atoms with Gasteiger partial charge in [-0.25, -0.2) is 4.79 Å². The highest BCUT2D eigenvalue weighted by Crippen LogP contribution is 2.20. The van der Waals surface area contributed by atoms with Gasteiger partial charge >= 0.3 is 6.03 Å². The van der Waals surface area contributed by atoms with Crippen LogP contribution in [-0.4, -0.2) is 80.1 Å². The molecule has 3 amide bonds. The minimum atomic E-state index is -0.182. The Balaban J connectivity index is 1.31. The summed E-state index contributed by atoms with van der Waals surface area (Å²) in [5.74, 6) is 0.0534. The molecule has 3 rings (SSSR count). The zero-order chi connectivity index (χ0) is 19.1. The lowest BCUT2D eigenvalue weighted by atomic mass is 10.2. The van der Waals surface area contributed by atoms with Crippen LogP contribution in [0.2, 0.25) is 0 Å². The fourth-order valence-electron chi connectivity index (χ4n) is 3.73. The van der Waals surface area contributed by atoms with E-state index in [2.05, 4.69) is 27.4 Å². The van der Waals surface area contributed by atoms with Crippen molar-refractivity contribution < 1.29 is 9.59 Å². The number of para-hydroxylation sites is 1. The second-order valence-electron chi connectivity index (χ2n) is 7.27. The summed E-state index contributed by atoms with van der Waals surface area (Å²) in [6, 6.07) is 9.27. The van der Waals surface area contributed by atoms with E-state index in [0.29, 0.717) is 19.5 Å². The van der Waals surface area contributed by atoms with Crippen molar-refractivity contribution in [1.29, 1.82) is 0 Å². The first-order valence-electron chi connectivity index (χ1n) is 10.00. The number of benzene rings is 1. The third-order valence-corrected chi connectivity index (χ3v) is 5.38. The van der Waals surface area contributed by atoms with Crippen molar-refractivity contribution in [3.63, 3.8) is 0 Å². The maximum atomic E-state index is 12.2. The normalized spacial score (nSPS) is 21.4. The van der Waals surface area contributed by atoms with E-state index in [-0.39, 0.29) is 18.0 Å². The van der Waals surface area contributed by atoms with Gasteiger partial charge < -0.3 is 25.3 Å². The molecule has 2 N–H and O–H groups in total. The van der Waals surface area contributed by atoms with Gasteiger partial charge in [-0.2, -0.15) is 0 Å². The quantitative estimate of drug-likeness (QED) is 0.703. The third-order valence-electron chi connectivity index (χ3n) is 5.38. The summed E-state index contributed by atoms with van der Waals surface area (Å²) in [5, 5.41) is 5.85. The number of urea groups is 1. The van der Waals surface area contributed by atoms with Gasteiger partial charge in [0.2, 0.25) is 5.91 Å². The number of carbonyl (C=O) groups is 2. The molecule has 1 atom stereocenters. The van der Waals surface area contributed by atoms with Gasteiger partial charge in [0, 0.05) is 51.4 Å². The average molecular weight is 374 g/mol. The van der Waals surface area contributed by atoms with Crippen molar-refractivity contribution in [3.05, 3.63) is 30.3 Å². The summed E-state index contributed by atoms with van der Waals surface area (Å²) >= 11 is 0. The zero-order valence-electron chi connectivity index (χ0n) is 16.2. The number of likely N-dealkylation sites (N-methyl/N-ethyl adjacent to an activating group) is 1. The first-order chi connectivity index (χ1) is 13.2. The van der Waals surface area contributed by atoms with E-state index in [1.807, 2.05) is 30.3 Å². The summed E-state index contributed by atoms with van der Waals surface area (Å²) < 4.78 is 0. The van der Waals surface area contributed by atoms with Crippen molar-refractivity contribution in [2.24, 2.45) is 0 Å². The molecule has 0 spiro atoms. The van der Waals surface area contributed by atoms with Crippen LogP contribution in [0.25, 0.3) is 0 Å². The molecule has 2 heterocycles. The van der Waals surface area contributed by atoms with E-state index in [4.69, 9.17) is 0 Å². The Morgan fingerprint density at radius 1 is 1.11 bits per heavy atom. The fourth-order valence-corrected chi connectivity index (χ4v) is 3.73. The molecular formula is C20H31N5O2. The number of anilines is 1. The van der Waals surface area contributed by atoms with Crippen LogP contribution in [0.5, 0.6) is 0 Å². The predicted octanol–water partition coefficient (Wildman–Crippen LogP) is 1.12. The van der Waals surface area contributed by atoms with Crippen molar-refractivity contribution in [3.8, 4) is 0 Å². The van der Waals surface area contributed by atoms with Gasteiger partial charge in [0.15, 0.2) is 0 Å². The van der Waals surface area contributed by atoms with Gasteiger partial charge in [-0.1, -0.05) is 25.1 Å². The number of nitrogens with zero attached hydrogens (tertiary/aromatic N) is 3. The summed E-state index contributed by atoms with van der Waals surface area (Å²) in [5.41, 5.74) is 0.885. The molecule has 7 heteroatoms. The molecular weight excluding hydrogens is 342 g/mol. The highest BCUT2D eigenvalue weighted by Gasteiger charge is 2.31. The van der Waals surface area contributed by atoms with Crippen LogP contribution in [0.15, 0.2) is 30.3 Å². The van der Waals surface area contributed by atoms with E-state index < -0.39 is 0 Å². The lowest BCUT2D eigenvalue weighted by Crippen LogP contribution is -2.47. The van der Waals surface area contributed by atoms with Crippen molar-refractivity contribution in [1.82, 2.24) is 20.4 Å². The molecule has 0 bridgehead atoms. The third kappa shape index (κ3) is 5.68. The Kier molecular flexibility index (Phi) is 7.06.